The molecular formula is C33H48O. The number of ether oxygens (including phenoxy) is 1. The fraction of sp³-hybridized carbons (Fsp3) is 0.636. The molecule has 1 nitrogen and oxygen atoms in total. The van der Waals surface area contributed by atoms with Crippen LogP contribution in [0.4, 0.5) is 0 Å². The van der Waals surface area contributed by atoms with E-state index in [1.165, 1.54) is 105 Å². The van der Waals surface area contributed by atoms with Gasteiger partial charge in [0.1, 0.15) is 5.75 Å². The van der Waals surface area contributed by atoms with E-state index in [9.17, 15) is 0 Å². The van der Waals surface area contributed by atoms with Gasteiger partial charge in [0, 0.05) is 0 Å². The van der Waals surface area contributed by atoms with Crippen LogP contribution < -0.4 is 4.74 Å². The Morgan fingerprint density at radius 3 is 1.79 bits per heavy atom. The monoisotopic (exact) mass is 460 g/mol. The van der Waals surface area contributed by atoms with Crippen molar-refractivity contribution in [2.75, 3.05) is 6.61 Å². The quantitative estimate of drug-likeness (QED) is 0.338. The van der Waals surface area contributed by atoms with Gasteiger partial charge < -0.3 is 4.74 Å². The Morgan fingerprint density at radius 2 is 1.24 bits per heavy atom. The van der Waals surface area contributed by atoms with Crippen LogP contribution in [0.2, 0.25) is 0 Å². The van der Waals surface area contributed by atoms with Crippen LogP contribution in [0.25, 0.3) is 11.1 Å². The van der Waals surface area contributed by atoms with Crippen LogP contribution in [-0.2, 0) is 0 Å². The summed E-state index contributed by atoms with van der Waals surface area (Å²) in [5.74, 6) is 4.89. The summed E-state index contributed by atoms with van der Waals surface area (Å²) < 4.78 is 6.46. The summed E-state index contributed by atoms with van der Waals surface area (Å²) in [6.07, 6.45) is 17.4. The molecule has 2 saturated carbocycles. The van der Waals surface area contributed by atoms with Gasteiger partial charge in [0.15, 0.2) is 0 Å². The highest BCUT2D eigenvalue weighted by atomic mass is 16.5. The van der Waals surface area contributed by atoms with E-state index in [2.05, 4.69) is 64.1 Å². The zero-order valence-electron chi connectivity index (χ0n) is 22.4. The second-order valence-corrected chi connectivity index (χ2v) is 11.7. The molecule has 0 spiro atoms. The lowest BCUT2D eigenvalue weighted by atomic mass is 9.69. The number of hydrogen-bond donors (Lipinski definition) is 0. The van der Waals surface area contributed by atoms with E-state index in [1.807, 2.05) is 0 Å². The molecule has 0 radical (unpaired) electrons. The van der Waals surface area contributed by atoms with Gasteiger partial charge in [0.05, 0.1) is 6.61 Å². The summed E-state index contributed by atoms with van der Waals surface area (Å²) in [5.41, 5.74) is 6.42. The molecular weight excluding hydrogens is 412 g/mol. The van der Waals surface area contributed by atoms with Crippen molar-refractivity contribution in [1.29, 1.82) is 0 Å². The molecule has 0 amide bonds. The Labute approximate surface area is 209 Å². The summed E-state index contributed by atoms with van der Waals surface area (Å²) in [6, 6.07) is 13.4. The maximum atomic E-state index is 6.46. The maximum absolute atomic E-state index is 6.46. The minimum Gasteiger partial charge on any atom is -0.493 e. The van der Waals surface area contributed by atoms with E-state index in [0.29, 0.717) is 0 Å². The number of rotatable bonds is 9. The molecule has 2 aromatic rings. The molecule has 0 aromatic heterocycles. The van der Waals surface area contributed by atoms with E-state index in [4.69, 9.17) is 4.74 Å². The Bertz CT molecular complexity index is 856. The first-order valence-corrected chi connectivity index (χ1v) is 14.3. The number of benzene rings is 2. The Balaban J connectivity index is 1.23. The molecule has 1 heteroatoms. The van der Waals surface area contributed by atoms with Gasteiger partial charge >= 0.3 is 0 Å². The largest absolute Gasteiger partial charge is 0.493 e. The van der Waals surface area contributed by atoms with Crippen molar-refractivity contribution in [3.05, 3.63) is 53.1 Å². The van der Waals surface area contributed by atoms with Crippen molar-refractivity contribution in [3.63, 3.8) is 0 Å². The third kappa shape index (κ3) is 6.67. The molecule has 2 aliphatic carbocycles. The van der Waals surface area contributed by atoms with E-state index in [1.54, 1.807) is 0 Å². The molecule has 4 rings (SSSR count). The highest BCUT2D eigenvalue weighted by Gasteiger charge is 2.31. The summed E-state index contributed by atoms with van der Waals surface area (Å²) in [4.78, 5) is 0. The fourth-order valence-electron chi connectivity index (χ4n) is 6.75. The third-order valence-corrected chi connectivity index (χ3v) is 8.97. The number of aryl methyl sites for hydroxylation is 3. The van der Waals surface area contributed by atoms with Crippen molar-refractivity contribution >= 4 is 0 Å². The second kappa shape index (κ2) is 12.3. The highest BCUT2D eigenvalue weighted by Crippen LogP contribution is 2.42. The van der Waals surface area contributed by atoms with Crippen LogP contribution in [0.15, 0.2) is 36.4 Å². The molecule has 2 aromatic carbocycles. The molecule has 34 heavy (non-hydrogen) atoms. The van der Waals surface area contributed by atoms with Crippen molar-refractivity contribution in [3.8, 4) is 16.9 Å². The maximum Gasteiger partial charge on any atom is 0.125 e. The lowest BCUT2D eigenvalue weighted by Gasteiger charge is -2.38. The molecule has 0 unspecified atom stereocenters. The predicted octanol–water partition coefficient (Wildman–Crippen LogP) is 9.85. The van der Waals surface area contributed by atoms with Crippen LogP contribution in [-0.4, -0.2) is 6.61 Å². The van der Waals surface area contributed by atoms with Crippen LogP contribution in [0, 0.1) is 44.4 Å². The molecule has 0 atom stereocenters. The second-order valence-electron chi connectivity index (χ2n) is 11.7. The van der Waals surface area contributed by atoms with Gasteiger partial charge in [0.25, 0.3) is 0 Å². The first-order chi connectivity index (χ1) is 16.5. The van der Waals surface area contributed by atoms with Gasteiger partial charge in [-0.25, -0.2) is 0 Å². The van der Waals surface area contributed by atoms with Gasteiger partial charge in [-0.2, -0.15) is 0 Å². The molecule has 186 valence electrons. The molecule has 0 aliphatic heterocycles. The molecule has 0 bridgehead atoms. The van der Waals surface area contributed by atoms with Crippen LogP contribution in [0.3, 0.4) is 0 Å². The summed E-state index contributed by atoms with van der Waals surface area (Å²) >= 11 is 0. The minimum atomic E-state index is 0.734. The number of hydrogen-bond acceptors (Lipinski definition) is 1. The van der Waals surface area contributed by atoms with Gasteiger partial charge in [0.2, 0.25) is 0 Å². The first kappa shape index (κ1) is 25.3. The fourth-order valence-corrected chi connectivity index (χ4v) is 6.75. The summed E-state index contributed by atoms with van der Waals surface area (Å²) in [7, 11) is 0. The summed E-state index contributed by atoms with van der Waals surface area (Å²) in [6.45, 7) is 9.76. The van der Waals surface area contributed by atoms with Crippen LogP contribution in [0.1, 0.15) is 101 Å². The zero-order valence-corrected chi connectivity index (χ0v) is 22.4. The van der Waals surface area contributed by atoms with Crippen LogP contribution >= 0.6 is 0 Å². The lowest BCUT2D eigenvalue weighted by Crippen LogP contribution is -2.27. The van der Waals surface area contributed by atoms with Crippen LogP contribution in [0.5, 0.6) is 5.75 Å². The van der Waals surface area contributed by atoms with E-state index in [0.717, 1.165) is 36.0 Å². The van der Waals surface area contributed by atoms with E-state index >= 15 is 0 Å². The third-order valence-electron chi connectivity index (χ3n) is 8.97. The Morgan fingerprint density at radius 1 is 0.676 bits per heavy atom. The Kier molecular flexibility index (Phi) is 9.15. The van der Waals surface area contributed by atoms with Crippen molar-refractivity contribution in [2.45, 2.75) is 105 Å². The van der Waals surface area contributed by atoms with Gasteiger partial charge in [-0.3, -0.25) is 0 Å². The Hall–Kier alpha value is -1.76. The van der Waals surface area contributed by atoms with Gasteiger partial charge in [-0.1, -0.05) is 75.3 Å². The first-order valence-electron chi connectivity index (χ1n) is 14.3. The molecule has 2 fully saturated rings. The molecule has 0 N–H and O–H groups in total. The van der Waals surface area contributed by atoms with E-state index < -0.39 is 0 Å². The lowest BCUT2D eigenvalue weighted by molar-refractivity contribution is 0.121. The normalized spacial score (nSPS) is 25.3. The molecule has 2 aliphatic rings. The van der Waals surface area contributed by atoms with Crippen molar-refractivity contribution in [2.24, 2.45) is 23.7 Å². The van der Waals surface area contributed by atoms with Gasteiger partial charge in [-0.15, -0.1) is 0 Å². The smallest absolute Gasteiger partial charge is 0.125 e. The average Bonchev–Trinajstić information content (AvgIpc) is 2.85. The predicted molar refractivity (Wildman–Crippen MR) is 147 cm³/mol. The van der Waals surface area contributed by atoms with Crippen molar-refractivity contribution in [1.82, 2.24) is 0 Å². The topological polar surface area (TPSA) is 9.23 Å². The SMILES string of the molecule is CCCCCC1CCC(C2CCC(COc3c(C)cc(-c4ccc(C)cc4)cc3C)CC2)CC1. The average molecular weight is 461 g/mol. The summed E-state index contributed by atoms with van der Waals surface area (Å²) in [5, 5.41) is 0. The standard InChI is InChI=1S/C33H48O/c1-5-6-7-8-27-11-17-29(18-12-27)30-19-13-28(14-20-30)23-34-33-25(3)21-32(22-26(33)4)31-15-9-24(2)10-16-31/h9-10,15-16,21-22,27-30H,5-8,11-14,17-20,23H2,1-4H3. The van der Waals surface area contributed by atoms with E-state index in [-0.39, 0.29) is 0 Å². The zero-order chi connectivity index (χ0) is 23.9. The van der Waals surface area contributed by atoms with Crippen molar-refractivity contribution < 1.29 is 4.74 Å². The highest BCUT2D eigenvalue weighted by molar-refractivity contribution is 5.67. The number of unbranched alkanes of at least 4 members (excludes halogenated alkanes) is 2. The molecule has 0 saturated heterocycles. The minimum absolute atomic E-state index is 0.734. The van der Waals surface area contributed by atoms with Gasteiger partial charge in [-0.05, 0) is 117 Å². The molecule has 0 heterocycles.